The van der Waals surface area contributed by atoms with E-state index in [9.17, 15) is 9.59 Å². The maximum atomic E-state index is 12.5. The molecule has 8 nitrogen and oxygen atoms in total. The summed E-state index contributed by atoms with van der Waals surface area (Å²) >= 11 is 0. The molecule has 0 fully saturated rings. The average molecular weight is 342 g/mol. The summed E-state index contributed by atoms with van der Waals surface area (Å²) in [6, 6.07) is 7.25. The molecule has 0 N–H and O–H groups in total. The van der Waals surface area contributed by atoms with Crippen LogP contribution in [-0.2, 0) is 18.3 Å². The molecule has 1 aromatic carbocycles. The Hall–Kier alpha value is -3.00. The summed E-state index contributed by atoms with van der Waals surface area (Å²) in [5.74, 6) is 0. The van der Waals surface area contributed by atoms with Gasteiger partial charge < -0.3 is 9.47 Å². The van der Waals surface area contributed by atoms with Gasteiger partial charge in [-0.05, 0) is 5.56 Å². The van der Waals surface area contributed by atoms with Gasteiger partial charge in [-0.25, -0.2) is 9.78 Å². The summed E-state index contributed by atoms with van der Waals surface area (Å²) in [6.45, 7) is 1.09. The van der Waals surface area contributed by atoms with Gasteiger partial charge in [0.05, 0.1) is 19.3 Å². The van der Waals surface area contributed by atoms with Crippen molar-refractivity contribution in [2.75, 3.05) is 20.3 Å². The molecule has 0 saturated heterocycles. The van der Waals surface area contributed by atoms with Crippen molar-refractivity contribution in [3.63, 3.8) is 0 Å². The number of fused-ring (bicyclic) bond motifs is 1. The van der Waals surface area contributed by atoms with Crippen molar-refractivity contribution in [1.82, 2.24) is 19.1 Å². The van der Waals surface area contributed by atoms with Gasteiger partial charge in [0.1, 0.15) is 18.4 Å². The van der Waals surface area contributed by atoms with E-state index in [2.05, 4.69) is 9.97 Å². The quantitative estimate of drug-likeness (QED) is 0.470. The molecule has 2 aromatic heterocycles. The predicted molar refractivity (Wildman–Crippen MR) is 91.1 cm³/mol. The van der Waals surface area contributed by atoms with E-state index >= 15 is 0 Å². The molecule has 0 bridgehead atoms. The monoisotopic (exact) mass is 342 g/mol. The standard InChI is InChI=1S/C17H18N4O4/c1-20-14-9-18-16(25-8-7-24-2)19-15(14)21(17(20)23)10-12-3-5-13(11-22)6-4-12/h3-6,9,11H,7-8,10H2,1-2H3. The number of carbonyl (C=O) groups excluding carboxylic acids is 1. The molecule has 0 aliphatic heterocycles. The van der Waals surface area contributed by atoms with Gasteiger partial charge in [-0.3, -0.25) is 13.9 Å². The topological polar surface area (TPSA) is 88.2 Å². The molecular formula is C17H18N4O4. The fourth-order valence-electron chi connectivity index (χ4n) is 2.47. The Morgan fingerprint density at radius 3 is 2.64 bits per heavy atom. The number of carbonyl (C=O) groups is 1. The van der Waals surface area contributed by atoms with Crippen molar-refractivity contribution in [3.8, 4) is 6.01 Å². The molecule has 8 heteroatoms. The molecule has 0 aliphatic carbocycles. The summed E-state index contributed by atoms with van der Waals surface area (Å²) in [7, 11) is 3.25. The SMILES string of the molecule is COCCOc1ncc2c(n1)n(Cc1ccc(C=O)cc1)c(=O)n2C. The Morgan fingerprint density at radius 1 is 1.20 bits per heavy atom. The van der Waals surface area contributed by atoms with E-state index in [4.69, 9.17) is 9.47 Å². The van der Waals surface area contributed by atoms with E-state index in [1.165, 1.54) is 4.57 Å². The number of methoxy groups -OCH3 is 1. The lowest BCUT2D eigenvalue weighted by Crippen LogP contribution is -2.22. The highest BCUT2D eigenvalue weighted by molar-refractivity contribution is 5.74. The van der Waals surface area contributed by atoms with E-state index < -0.39 is 0 Å². The van der Waals surface area contributed by atoms with Gasteiger partial charge in [0.2, 0.25) is 0 Å². The summed E-state index contributed by atoms with van der Waals surface area (Å²) in [6.07, 6.45) is 2.35. The number of hydrogen-bond donors (Lipinski definition) is 0. The molecule has 0 saturated carbocycles. The Morgan fingerprint density at radius 2 is 1.96 bits per heavy atom. The molecular weight excluding hydrogens is 324 g/mol. The maximum absolute atomic E-state index is 12.5. The third-order valence-electron chi connectivity index (χ3n) is 3.84. The van der Waals surface area contributed by atoms with Gasteiger partial charge in [-0.2, -0.15) is 4.98 Å². The van der Waals surface area contributed by atoms with E-state index in [0.717, 1.165) is 11.8 Å². The molecule has 0 spiro atoms. The van der Waals surface area contributed by atoms with Crippen LogP contribution in [0, 0.1) is 0 Å². The van der Waals surface area contributed by atoms with Crippen molar-refractivity contribution >= 4 is 17.5 Å². The van der Waals surface area contributed by atoms with Gasteiger partial charge in [-0.15, -0.1) is 0 Å². The van der Waals surface area contributed by atoms with Crippen LogP contribution in [0.2, 0.25) is 0 Å². The van der Waals surface area contributed by atoms with Crippen molar-refractivity contribution in [2.45, 2.75) is 6.54 Å². The molecule has 0 aliphatic rings. The predicted octanol–water partition coefficient (Wildman–Crippen LogP) is 1.02. The van der Waals surface area contributed by atoms with Gasteiger partial charge in [0.25, 0.3) is 0 Å². The number of aromatic nitrogens is 4. The second kappa shape index (κ2) is 7.27. The zero-order valence-electron chi connectivity index (χ0n) is 14.0. The minimum absolute atomic E-state index is 0.195. The highest BCUT2D eigenvalue weighted by atomic mass is 16.5. The second-order valence-electron chi connectivity index (χ2n) is 5.49. The van der Waals surface area contributed by atoms with Crippen LogP contribution in [-0.4, -0.2) is 45.7 Å². The van der Waals surface area contributed by atoms with Crippen molar-refractivity contribution in [2.24, 2.45) is 7.05 Å². The van der Waals surface area contributed by atoms with Gasteiger partial charge in [-0.1, -0.05) is 24.3 Å². The molecule has 0 radical (unpaired) electrons. The van der Waals surface area contributed by atoms with E-state index in [-0.39, 0.29) is 11.7 Å². The zero-order chi connectivity index (χ0) is 17.8. The number of benzene rings is 1. The van der Waals surface area contributed by atoms with Crippen molar-refractivity contribution in [3.05, 3.63) is 52.1 Å². The van der Waals surface area contributed by atoms with Crippen LogP contribution in [0.3, 0.4) is 0 Å². The molecule has 0 unspecified atom stereocenters. The third kappa shape index (κ3) is 3.43. The largest absolute Gasteiger partial charge is 0.461 e. The Balaban J connectivity index is 1.97. The van der Waals surface area contributed by atoms with Gasteiger partial charge in [0.15, 0.2) is 5.65 Å². The minimum Gasteiger partial charge on any atom is -0.461 e. The van der Waals surface area contributed by atoms with Crippen molar-refractivity contribution < 1.29 is 14.3 Å². The number of aryl methyl sites for hydroxylation is 1. The molecule has 0 atom stereocenters. The average Bonchev–Trinajstić information content (AvgIpc) is 2.87. The molecule has 2 heterocycles. The Labute approximate surface area is 143 Å². The number of aldehydes is 1. The van der Waals surface area contributed by atoms with E-state index in [1.807, 2.05) is 12.1 Å². The number of nitrogens with zero attached hydrogens (tertiary/aromatic N) is 4. The van der Waals surface area contributed by atoms with Crippen LogP contribution in [0.5, 0.6) is 6.01 Å². The molecule has 3 rings (SSSR count). The van der Waals surface area contributed by atoms with Crippen LogP contribution < -0.4 is 10.4 Å². The Kier molecular flexibility index (Phi) is 4.90. The first-order valence-electron chi connectivity index (χ1n) is 7.72. The van der Waals surface area contributed by atoms with E-state index in [1.54, 1.807) is 37.1 Å². The van der Waals surface area contributed by atoms with Crippen LogP contribution in [0.4, 0.5) is 0 Å². The lowest BCUT2D eigenvalue weighted by Gasteiger charge is -2.05. The van der Waals surface area contributed by atoms with Crippen LogP contribution >= 0.6 is 0 Å². The summed E-state index contributed by atoms with van der Waals surface area (Å²) in [5.41, 5.74) is 2.40. The van der Waals surface area contributed by atoms with Gasteiger partial charge in [0, 0.05) is 19.7 Å². The normalized spacial score (nSPS) is 11.0. The lowest BCUT2D eigenvalue weighted by molar-refractivity contribution is 0.112. The smallest absolute Gasteiger partial charge is 0.330 e. The lowest BCUT2D eigenvalue weighted by atomic mass is 10.1. The number of hydrogen-bond acceptors (Lipinski definition) is 6. The molecule has 0 amide bonds. The second-order valence-corrected chi connectivity index (χ2v) is 5.49. The molecule has 3 aromatic rings. The Bertz CT molecular complexity index is 944. The van der Waals surface area contributed by atoms with Crippen LogP contribution in [0.25, 0.3) is 11.2 Å². The maximum Gasteiger partial charge on any atom is 0.330 e. The number of ether oxygens (including phenoxy) is 2. The fourth-order valence-corrected chi connectivity index (χ4v) is 2.47. The highest BCUT2D eigenvalue weighted by Crippen LogP contribution is 2.14. The zero-order valence-corrected chi connectivity index (χ0v) is 14.0. The molecule has 130 valence electrons. The van der Waals surface area contributed by atoms with Crippen molar-refractivity contribution in [1.29, 1.82) is 0 Å². The molecule has 25 heavy (non-hydrogen) atoms. The number of imidazole rings is 1. The van der Waals surface area contributed by atoms with Crippen LogP contribution in [0.1, 0.15) is 15.9 Å². The van der Waals surface area contributed by atoms with Gasteiger partial charge >= 0.3 is 11.7 Å². The summed E-state index contributed by atoms with van der Waals surface area (Å²) in [4.78, 5) is 31.8. The minimum atomic E-state index is -0.196. The third-order valence-corrected chi connectivity index (χ3v) is 3.84. The fraction of sp³-hybridized carbons (Fsp3) is 0.294. The highest BCUT2D eigenvalue weighted by Gasteiger charge is 2.14. The van der Waals surface area contributed by atoms with Crippen LogP contribution in [0.15, 0.2) is 35.3 Å². The first-order valence-corrected chi connectivity index (χ1v) is 7.72. The number of rotatable bonds is 7. The summed E-state index contributed by atoms with van der Waals surface area (Å²) in [5, 5.41) is 0. The first kappa shape index (κ1) is 16.8. The summed E-state index contributed by atoms with van der Waals surface area (Å²) < 4.78 is 13.4. The van der Waals surface area contributed by atoms with E-state index in [0.29, 0.717) is 36.5 Å². The first-order chi connectivity index (χ1) is 12.1.